The smallest absolute Gasteiger partial charge is 0.0991 e. The SMILES string of the molecule is OCCOCCNCc1ccc(-n2ccnc2)cc1. The minimum atomic E-state index is 0.0791. The van der Waals surface area contributed by atoms with Gasteiger partial charge in [0, 0.05) is 31.2 Å². The molecule has 2 aromatic rings. The predicted octanol–water partition coefficient (Wildman–Crippen LogP) is 0.971. The number of benzene rings is 1. The Morgan fingerprint density at radius 1 is 1.21 bits per heavy atom. The van der Waals surface area contributed by atoms with Crippen molar-refractivity contribution in [3.63, 3.8) is 0 Å². The molecular weight excluding hydrogens is 242 g/mol. The van der Waals surface area contributed by atoms with Crippen molar-refractivity contribution in [1.82, 2.24) is 14.9 Å². The molecule has 0 saturated carbocycles. The van der Waals surface area contributed by atoms with E-state index in [4.69, 9.17) is 9.84 Å². The lowest BCUT2D eigenvalue weighted by atomic mass is 10.2. The van der Waals surface area contributed by atoms with E-state index in [-0.39, 0.29) is 6.61 Å². The summed E-state index contributed by atoms with van der Waals surface area (Å²) in [4.78, 5) is 4.03. The number of hydrogen-bond acceptors (Lipinski definition) is 4. The minimum Gasteiger partial charge on any atom is -0.394 e. The van der Waals surface area contributed by atoms with Gasteiger partial charge in [0.05, 0.1) is 26.1 Å². The van der Waals surface area contributed by atoms with Crippen molar-refractivity contribution in [2.24, 2.45) is 0 Å². The number of imidazole rings is 1. The van der Waals surface area contributed by atoms with Crippen molar-refractivity contribution in [3.8, 4) is 5.69 Å². The van der Waals surface area contributed by atoms with Crippen LogP contribution in [-0.2, 0) is 11.3 Å². The average Bonchev–Trinajstić information content (AvgIpc) is 2.97. The van der Waals surface area contributed by atoms with Gasteiger partial charge in [-0.05, 0) is 17.7 Å². The largest absolute Gasteiger partial charge is 0.394 e. The van der Waals surface area contributed by atoms with Crippen molar-refractivity contribution in [3.05, 3.63) is 48.5 Å². The number of nitrogens with zero attached hydrogens (tertiary/aromatic N) is 2. The van der Waals surface area contributed by atoms with Crippen LogP contribution in [0.4, 0.5) is 0 Å². The molecule has 0 bridgehead atoms. The Hall–Kier alpha value is -1.69. The molecule has 0 spiro atoms. The maximum atomic E-state index is 8.55. The van der Waals surface area contributed by atoms with Crippen LogP contribution in [0.1, 0.15) is 5.56 Å². The van der Waals surface area contributed by atoms with Gasteiger partial charge < -0.3 is 19.7 Å². The van der Waals surface area contributed by atoms with E-state index in [9.17, 15) is 0 Å². The van der Waals surface area contributed by atoms with Gasteiger partial charge >= 0.3 is 0 Å². The summed E-state index contributed by atoms with van der Waals surface area (Å²) in [5, 5.41) is 11.8. The molecule has 0 fully saturated rings. The Bertz CT molecular complexity index is 454. The summed E-state index contributed by atoms with van der Waals surface area (Å²) in [6, 6.07) is 8.33. The first-order valence-electron chi connectivity index (χ1n) is 6.37. The molecule has 0 aliphatic rings. The van der Waals surface area contributed by atoms with Gasteiger partial charge in [-0.1, -0.05) is 12.1 Å². The molecule has 102 valence electrons. The molecule has 0 saturated heterocycles. The molecule has 0 amide bonds. The zero-order chi connectivity index (χ0) is 13.3. The topological polar surface area (TPSA) is 59.3 Å². The Morgan fingerprint density at radius 2 is 2.05 bits per heavy atom. The van der Waals surface area contributed by atoms with Gasteiger partial charge in [0.2, 0.25) is 0 Å². The predicted molar refractivity (Wildman–Crippen MR) is 73.2 cm³/mol. The molecule has 0 aliphatic carbocycles. The van der Waals surface area contributed by atoms with Gasteiger partial charge in [-0.15, -0.1) is 0 Å². The van der Waals surface area contributed by atoms with Crippen LogP contribution in [0.3, 0.4) is 0 Å². The second-order valence-electron chi connectivity index (χ2n) is 4.15. The van der Waals surface area contributed by atoms with Crippen LogP contribution in [0, 0.1) is 0 Å². The summed E-state index contributed by atoms with van der Waals surface area (Å²) >= 11 is 0. The summed E-state index contributed by atoms with van der Waals surface area (Å²) in [6.45, 7) is 2.70. The second-order valence-corrected chi connectivity index (χ2v) is 4.15. The van der Waals surface area contributed by atoms with Gasteiger partial charge in [-0.3, -0.25) is 0 Å². The molecule has 1 heterocycles. The monoisotopic (exact) mass is 261 g/mol. The third-order valence-electron chi connectivity index (χ3n) is 2.73. The minimum absolute atomic E-state index is 0.0791. The first-order chi connectivity index (χ1) is 9.40. The molecule has 19 heavy (non-hydrogen) atoms. The highest BCUT2D eigenvalue weighted by molar-refractivity contribution is 5.34. The first-order valence-corrected chi connectivity index (χ1v) is 6.37. The number of aliphatic hydroxyl groups excluding tert-OH is 1. The van der Waals surface area contributed by atoms with Crippen molar-refractivity contribution in [2.75, 3.05) is 26.4 Å². The fraction of sp³-hybridized carbons (Fsp3) is 0.357. The molecule has 0 radical (unpaired) electrons. The first kappa shape index (κ1) is 13.7. The van der Waals surface area contributed by atoms with E-state index >= 15 is 0 Å². The van der Waals surface area contributed by atoms with E-state index in [0.29, 0.717) is 13.2 Å². The van der Waals surface area contributed by atoms with Gasteiger partial charge in [0.25, 0.3) is 0 Å². The highest BCUT2D eigenvalue weighted by Gasteiger charge is 1.96. The Kier molecular flexibility index (Phi) is 5.55. The molecule has 2 rings (SSSR count). The highest BCUT2D eigenvalue weighted by atomic mass is 16.5. The molecule has 1 aromatic heterocycles. The molecular formula is C14H19N3O2. The summed E-state index contributed by atoms with van der Waals surface area (Å²) in [5.41, 5.74) is 2.33. The van der Waals surface area contributed by atoms with Crippen molar-refractivity contribution < 1.29 is 9.84 Å². The number of rotatable bonds is 8. The summed E-state index contributed by atoms with van der Waals surface area (Å²) in [5.74, 6) is 0. The normalized spacial score (nSPS) is 10.8. The van der Waals surface area contributed by atoms with E-state index in [1.807, 2.05) is 10.8 Å². The van der Waals surface area contributed by atoms with Gasteiger partial charge in [-0.25, -0.2) is 4.98 Å². The van der Waals surface area contributed by atoms with Crippen LogP contribution in [0.15, 0.2) is 43.0 Å². The maximum Gasteiger partial charge on any atom is 0.0991 e. The number of hydrogen-bond donors (Lipinski definition) is 2. The van der Waals surface area contributed by atoms with E-state index < -0.39 is 0 Å². The summed E-state index contributed by atoms with van der Waals surface area (Å²) in [6.07, 6.45) is 5.47. The number of nitrogens with one attached hydrogen (secondary N) is 1. The van der Waals surface area contributed by atoms with Crippen molar-refractivity contribution >= 4 is 0 Å². The Balaban J connectivity index is 1.73. The standard InChI is InChI=1S/C14H19N3O2/c18-8-10-19-9-6-15-11-13-1-3-14(4-2-13)17-7-5-16-12-17/h1-5,7,12,15,18H,6,8-11H2. The molecule has 0 atom stereocenters. The maximum absolute atomic E-state index is 8.55. The average molecular weight is 261 g/mol. The summed E-state index contributed by atoms with van der Waals surface area (Å²) in [7, 11) is 0. The lowest BCUT2D eigenvalue weighted by molar-refractivity contribution is 0.0938. The fourth-order valence-electron chi connectivity index (χ4n) is 1.74. The van der Waals surface area contributed by atoms with E-state index in [1.165, 1.54) is 5.56 Å². The molecule has 2 N–H and O–H groups in total. The van der Waals surface area contributed by atoms with E-state index in [2.05, 4.69) is 34.6 Å². The molecule has 1 aromatic carbocycles. The Morgan fingerprint density at radius 3 is 2.74 bits per heavy atom. The van der Waals surface area contributed by atoms with Gasteiger partial charge in [-0.2, -0.15) is 0 Å². The highest BCUT2D eigenvalue weighted by Crippen LogP contribution is 2.08. The molecule has 5 nitrogen and oxygen atoms in total. The summed E-state index contributed by atoms with van der Waals surface area (Å²) < 4.78 is 7.14. The fourth-order valence-corrected chi connectivity index (χ4v) is 1.74. The van der Waals surface area contributed by atoms with Crippen LogP contribution >= 0.6 is 0 Å². The second kappa shape index (κ2) is 7.68. The third kappa shape index (κ3) is 4.48. The molecule has 0 unspecified atom stereocenters. The van der Waals surface area contributed by atoms with Crippen molar-refractivity contribution in [2.45, 2.75) is 6.54 Å². The van der Waals surface area contributed by atoms with Crippen LogP contribution in [0.2, 0.25) is 0 Å². The number of ether oxygens (including phenoxy) is 1. The Labute approximate surface area is 112 Å². The van der Waals surface area contributed by atoms with Gasteiger partial charge in [0.15, 0.2) is 0 Å². The lowest BCUT2D eigenvalue weighted by Gasteiger charge is -2.07. The van der Waals surface area contributed by atoms with E-state index in [0.717, 1.165) is 18.8 Å². The van der Waals surface area contributed by atoms with Crippen LogP contribution < -0.4 is 5.32 Å². The third-order valence-corrected chi connectivity index (χ3v) is 2.73. The quantitative estimate of drug-likeness (QED) is 0.695. The molecule has 0 aliphatic heterocycles. The van der Waals surface area contributed by atoms with E-state index in [1.54, 1.807) is 12.5 Å². The zero-order valence-electron chi connectivity index (χ0n) is 10.8. The van der Waals surface area contributed by atoms with Crippen molar-refractivity contribution in [1.29, 1.82) is 0 Å². The lowest BCUT2D eigenvalue weighted by Crippen LogP contribution is -2.19. The zero-order valence-corrected chi connectivity index (χ0v) is 10.8. The van der Waals surface area contributed by atoms with Crippen LogP contribution in [-0.4, -0.2) is 41.0 Å². The van der Waals surface area contributed by atoms with Crippen LogP contribution in [0.5, 0.6) is 0 Å². The molecule has 5 heteroatoms. The number of aromatic nitrogens is 2. The van der Waals surface area contributed by atoms with Crippen LogP contribution in [0.25, 0.3) is 5.69 Å². The van der Waals surface area contributed by atoms with Gasteiger partial charge in [0.1, 0.15) is 0 Å². The number of aliphatic hydroxyl groups is 1.